The Labute approximate surface area is 123 Å². The number of nitrogens with two attached hydrogens (primary N) is 1. The van der Waals surface area contributed by atoms with Crippen LogP contribution in [-0.4, -0.2) is 54.8 Å². The zero-order chi connectivity index (χ0) is 14.4. The zero-order valence-electron chi connectivity index (χ0n) is 11.5. The number of hydrogen-bond acceptors (Lipinski definition) is 4. The van der Waals surface area contributed by atoms with Crippen LogP contribution in [0, 0.1) is 0 Å². The zero-order valence-corrected chi connectivity index (χ0v) is 12.2. The summed E-state index contributed by atoms with van der Waals surface area (Å²) < 4.78 is 10.9. The number of rotatable bonds is 4. The minimum Gasteiger partial charge on any atom is -0.475 e. The van der Waals surface area contributed by atoms with E-state index in [4.69, 9.17) is 26.8 Å². The summed E-state index contributed by atoms with van der Waals surface area (Å²) in [6, 6.07) is 3.49. The second-order valence-corrected chi connectivity index (χ2v) is 4.91. The van der Waals surface area contributed by atoms with E-state index >= 15 is 0 Å². The van der Waals surface area contributed by atoms with Gasteiger partial charge in [-0.15, -0.1) is 0 Å². The molecule has 0 bridgehead atoms. The molecule has 2 heterocycles. The van der Waals surface area contributed by atoms with Crippen molar-refractivity contribution in [1.29, 1.82) is 0 Å². The van der Waals surface area contributed by atoms with E-state index in [2.05, 4.69) is 9.98 Å². The summed E-state index contributed by atoms with van der Waals surface area (Å²) in [7, 11) is 0. The summed E-state index contributed by atoms with van der Waals surface area (Å²) in [5.74, 6) is 0.943. The van der Waals surface area contributed by atoms with E-state index in [0.29, 0.717) is 36.6 Å². The molecule has 0 radical (unpaired) electrons. The van der Waals surface area contributed by atoms with Crippen molar-refractivity contribution in [3.05, 3.63) is 23.4 Å². The van der Waals surface area contributed by atoms with E-state index in [0.717, 1.165) is 13.1 Å². The van der Waals surface area contributed by atoms with Gasteiger partial charge in [-0.1, -0.05) is 11.6 Å². The molecule has 2 N–H and O–H groups in total. The van der Waals surface area contributed by atoms with E-state index in [-0.39, 0.29) is 6.10 Å². The minimum atomic E-state index is 0.182. The summed E-state index contributed by atoms with van der Waals surface area (Å²) in [6.07, 6.45) is 1.81. The van der Waals surface area contributed by atoms with Gasteiger partial charge in [0.05, 0.1) is 19.3 Å². The quantitative estimate of drug-likeness (QED) is 0.513. The number of nitrogens with zero attached hydrogens (tertiary/aromatic N) is 3. The third-order valence-electron chi connectivity index (χ3n) is 2.89. The van der Waals surface area contributed by atoms with Crippen molar-refractivity contribution < 1.29 is 9.47 Å². The van der Waals surface area contributed by atoms with Gasteiger partial charge >= 0.3 is 0 Å². The molecule has 0 saturated carbocycles. The first-order valence-electron chi connectivity index (χ1n) is 6.56. The van der Waals surface area contributed by atoms with Gasteiger partial charge in [0.1, 0.15) is 11.6 Å². The van der Waals surface area contributed by atoms with E-state index < -0.39 is 0 Å². The van der Waals surface area contributed by atoms with Crippen molar-refractivity contribution in [2.45, 2.75) is 13.0 Å². The van der Waals surface area contributed by atoms with E-state index in [1.54, 1.807) is 18.3 Å². The lowest BCUT2D eigenvalue weighted by Gasteiger charge is -2.31. The summed E-state index contributed by atoms with van der Waals surface area (Å²) in [6.45, 7) is 5.08. The SMILES string of the molecule is CC1CN(C(N)=NCCOc2ncccc2Cl)CCO1. The monoisotopic (exact) mass is 298 g/mol. The molecule has 1 unspecified atom stereocenters. The maximum atomic E-state index is 5.94. The highest BCUT2D eigenvalue weighted by Gasteiger charge is 2.17. The molecule has 1 aromatic heterocycles. The molecule has 0 amide bonds. The molecule has 0 aromatic carbocycles. The van der Waals surface area contributed by atoms with Crippen molar-refractivity contribution in [2.24, 2.45) is 10.7 Å². The average molecular weight is 299 g/mol. The first-order chi connectivity index (χ1) is 9.66. The molecule has 1 fully saturated rings. The fraction of sp³-hybridized carbons (Fsp3) is 0.538. The van der Waals surface area contributed by atoms with E-state index in [1.807, 2.05) is 11.8 Å². The number of morpholine rings is 1. The first kappa shape index (κ1) is 14.9. The average Bonchev–Trinajstić information content (AvgIpc) is 2.45. The van der Waals surface area contributed by atoms with Crippen molar-refractivity contribution in [3.8, 4) is 5.88 Å². The molecular formula is C13H19ClN4O2. The van der Waals surface area contributed by atoms with Crippen molar-refractivity contribution in [3.63, 3.8) is 0 Å². The van der Waals surface area contributed by atoms with Crippen LogP contribution in [0.3, 0.4) is 0 Å². The largest absolute Gasteiger partial charge is 0.475 e. The molecule has 1 aliphatic rings. The number of aromatic nitrogens is 1. The van der Waals surface area contributed by atoms with Crippen LogP contribution in [0.5, 0.6) is 5.88 Å². The Morgan fingerprint density at radius 1 is 1.70 bits per heavy atom. The lowest BCUT2D eigenvalue weighted by Crippen LogP contribution is -2.48. The van der Waals surface area contributed by atoms with Gasteiger partial charge in [-0.2, -0.15) is 0 Å². The molecule has 1 aliphatic heterocycles. The Balaban J connectivity index is 1.77. The van der Waals surface area contributed by atoms with Gasteiger partial charge in [0.2, 0.25) is 5.88 Å². The van der Waals surface area contributed by atoms with Crippen LogP contribution >= 0.6 is 11.6 Å². The Bertz CT molecular complexity index is 469. The molecule has 7 heteroatoms. The topological polar surface area (TPSA) is 73.0 Å². The third kappa shape index (κ3) is 4.25. The highest BCUT2D eigenvalue weighted by atomic mass is 35.5. The Morgan fingerprint density at radius 2 is 2.55 bits per heavy atom. The van der Waals surface area contributed by atoms with Crippen molar-refractivity contribution in [2.75, 3.05) is 32.8 Å². The molecule has 0 aliphatic carbocycles. The maximum absolute atomic E-state index is 5.94. The van der Waals surface area contributed by atoms with Gasteiger partial charge in [0.15, 0.2) is 5.96 Å². The Morgan fingerprint density at radius 3 is 3.30 bits per heavy atom. The summed E-state index contributed by atoms with van der Waals surface area (Å²) in [5.41, 5.74) is 5.94. The highest BCUT2D eigenvalue weighted by Crippen LogP contribution is 2.19. The molecule has 20 heavy (non-hydrogen) atoms. The van der Waals surface area contributed by atoms with Crippen LogP contribution in [0.1, 0.15) is 6.92 Å². The summed E-state index contributed by atoms with van der Waals surface area (Å²) in [5, 5.41) is 0.492. The van der Waals surface area contributed by atoms with Crippen LogP contribution in [0.2, 0.25) is 5.02 Å². The molecule has 1 saturated heterocycles. The first-order valence-corrected chi connectivity index (χ1v) is 6.94. The summed E-state index contributed by atoms with van der Waals surface area (Å²) >= 11 is 5.93. The normalized spacial score (nSPS) is 20.0. The van der Waals surface area contributed by atoms with Crippen LogP contribution in [-0.2, 0) is 4.74 Å². The van der Waals surface area contributed by atoms with E-state index in [9.17, 15) is 0 Å². The Hall–Kier alpha value is -1.53. The number of pyridine rings is 1. The van der Waals surface area contributed by atoms with Gasteiger partial charge in [-0.05, 0) is 19.1 Å². The van der Waals surface area contributed by atoms with Gasteiger partial charge in [0.25, 0.3) is 0 Å². The summed E-state index contributed by atoms with van der Waals surface area (Å²) in [4.78, 5) is 10.3. The van der Waals surface area contributed by atoms with Crippen molar-refractivity contribution >= 4 is 17.6 Å². The lowest BCUT2D eigenvalue weighted by molar-refractivity contribution is 0.00528. The van der Waals surface area contributed by atoms with E-state index in [1.165, 1.54) is 0 Å². The molecule has 2 rings (SSSR count). The lowest BCUT2D eigenvalue weighted by atomic mass is 10.3. The van der Waals surface area contributed by atoms with Crippen LogP contribution in [0.25, 0.3) is 0 Å². The molecule has 110 valence electrons. The molecule has 1 atom stereocenters. The molecule has 1 aromatic rings. The molecular weight excluding hydrogens is 280 g/mol. The number of guanidine groups is 1. The Kier molecular flexibility index (Phi) is 5.43. The van der Waals surface area contributed by atoms with Gasteiger partial charge in [-0.25, -0.2) is 9.98 Å². The van der Waals surface area contributed by atoms with Crippen LogP contribution < -0.4 is 10.5 Å². The highest BCUT2D eigenvalue weighted by molar-refractivity contribution is 6.31. The van der Waals surface area contributed by atoms with Crippen LogP contribution in [0.4, 0.5) is 0 Å². The second kappa shape index (κ2) is 7.31. The number of hydrogen-bond donors (Lipinski definition) is 1. The predicted molar refractivity (Wildman–Crippen MR) is 78.2 cm³/mol. The molecule has 6 nitrogen and oxygen atoms in total. The fourth-order valence-corrected chi connectivity index (χ4v) is 2.08. The second-order valence-electron chi connectivity index (χ2n) is 4.51. The standard InChI is InChI=1S/C13H19ClN4O2/c1-10-9-18(6-8-19-10)13(15)17-5-7-20-12-11(14)3-2-4-16-12/h2-4,10H,5-9H2,1H3,(H2,15,17). The van der Waals surface area contributed by atoms with Gasteiger partial charge < -0.3 is 20.1 Å². The smallest absolute Gasteiger partial charge is 0.232 e. The fourth-order valence-electron chi connectivity index (χ4n) is 1.91. The van der Waals surface area contributed by atoms with Gasteiger partial charge in [0, 0.05) is 19.3 Å². The minimum absolute atomic E-state index is 0.182. The van der Waals surface area contributed by atoms with Crippen LogP contribution in [0.15, 0.2) is 23.3 Å². The number of ether oxygens (including phenoxy) is 2. The number of halogens is 1. The maximum Gasteiger partial charge on any atom is 0.232 e. The molecule has 0 spiro atoms. The van der Waals surface area contributed by atoms with Crippen molar-refractivity contribution in [1.82, 2.24) is 9.88 Å². The third-order valence-corrected chi connectivity index (χ3v) is 3.18. The predicted octanol–water partition coefficient (Wildman–Crippen LogP) is 1.15. The van der Waals surface area contributed by atoms with Gasteiger partial charge in [-0.3, -0.25) is 0 Å². The number of aliphatic imine (C=N–C) groups is 1.